The van der Waals surface area contributed by atoms with Gasteiger partial charge in [0.1, 0.15) is 5.71 Å². The largest absolute Gasteiger partial charge is 0.284 e. The lowest BCUT2D eigenvalue weighted by molar-refractivity contribution is -0.119. The van der Waals surface area contributed by atoms with Crippen LogP contribution in [0, 0.1) is 0 Å². The van der Waals surface area contributed by atoms with E-state index in [1.807, 2.05) is 11.9 Å². The molecule has 0 spiro atoms. The van der Waals surface area contributed by atoms with Gasteiger partial charge >= 0.3 is 0 Å². The van der Waals surface area contributed by atoms with E-state index in [0.717, 1.165) is 25.9 Å². The first-order valence-corrected chi connectivity index (χ1v) is 8.08. The van der Waals surface area contributed by atoms with Crippen LogP contribution in [-0.4, -0.2) is 35.4 Å². The summed E-state index contributed by atoms with van der Waals surface area (Å²) in [6, 6.07) is 0. The summed E-state index contributed by atoms with van der Waals surface area (Å²) in [5.74, 6) is -0.220. The predicted molar refractivity (Wildman–Crippen MR) is 93.3 cm³/mol. The molecule has 0 aromatic heterocycles. The molecule has 0 aromatic rings. The molecule has 0 radical (unpaired) electrons. The molecule has 1 rings (SSSR count). The lowest BCUT2D eigenvalue weighted by atomic mass is 10.2. The molecular weight excluding hydrogens is 323 g/mol. The lowest BCUT2D eigenvalue weighted by Gasteiger charge is -2.26. The van der Waals surface area contributed by atoms with Crippen molar-refractivity contribution < 1.29 is 4.79 Å². The fraction of sp³-hybridized carbons (Fsp3) is 0.533. The van der Waals surface area contributed by atoms with Crippen LogP contribution >= 0.6 is 23.2 Å². The first-order valence-electron chi connectivity index (χ1n) is 7.33. The van der Waals surface area contributed by atoms with Crippen LogP contribution in [0.4, 0.5) is 0 Å². The van der Waals surface area contributed by atoms with Crippen molar-refractivity contribution >= 4 is 40.5 Å². The molecule has 1 heterocycles. The summed E-state index contributed by atoms with van der Waals surface area (Å²) in [7, 11) is 0. The number of allylic oxidation sites excluding steroid dienone is 3. The van der Waals surface area contributed by atoms with Crippen LogP contribution in [-0.2, 0) is 4.79 Å². The van der Waals surface area contributed by atoms with Crippen molar-refractivity contribution in [1.82, 2.24) is 10.4 Å². The molecule has 1 saturated heterocycles. The highest BCUT2D eigenvalue weighted by atomic mass is 35.5. The Labute approximate surface area is 141 Å². The number of rotatable bonds is 6. The van der Waals surface area contributed by atoms with Crippen LogP contribution in [0.3, 0.4) is 0 Å². The molecule has 0 unspecified atom stereocenters. The molecule has 0 aromatic carbocycles. The van der Waals surface area contributed by atoms with Crippen LogP contribution < -0.4 is 5.43 Å². The Bertz CT molecular complexity index is 506. The number of hydrogen-bond donors (Lipinski definition) is 1. The van der Waals surface area contributed by atoms with Crippen molar-refractivity contribution in [3.8, 4) is 0 Å². The number of nitrogens with one attached hydrogen (secondary N) is 1. The smallest absolute Gasteiger partial charge is 0.281 e. The predicted octanol–water partition coefficient (Wildman–Crippen LogP) is 3.61. The second kappa shape index (κ2) is 9.77. The van der Waals surface area contributed by atoms with Gasteiger partial charge in [0.15, 0.2) is 0 Å². The van der Waals surface area contributed by atoms with Crippen LogP contribution in [0.1, 0.15) is 39.5 Å². The summed E-state index contributed by atoms with van der Waals surface area (Å²) in [6.07, 6.45) is 5.37. The second-order valence-electron chi connectivity index (χ2n) is 5.01. The fourth-order valence-corrected chi connectivity index (χ4v) is 2.25. The van der Waals surface area contributed by atoms with E-state index in [1.54, 1.807) is 6.92 Å². The van der Waals surface area contributed by atoms with Gasteiger partial charge in [-0.15, -0.1) is 5.10 Å². The minimum atomic E-state index is -0.220. The normalized spacial score (nSPS) is 18.3. The van der Waals surface area contributed by atoms with Crippen LogP contribution in [0.25, 0.3) is 0 Å². The van der Waals surface area contributed by atoms with Gasteiger partial charge in [0, 0.05) is 18.1 Å². The Morgan fingerprint density at radius 3 is 2.45 bits per heavy atom. The summed E-state index contributed by atoms with van der Waals surface area (Å²) in [6.45, 7) is 8.82. The monoisotopic (exact) mass is 344 g/mol. The van der Waals surface area contributed by atoms with Crippen LogP contribution in [0.2, 0.25) is 0 Å². The Kier molecular flexibility index (Phi) is 8.38. The highest BCUT2D eigenvalue weighted by Gasteiger charge is 2.16. The standard InChI is InChI=1S/C15H22Cl2N4O/c1-4-14(15(22)20-21-8-6-5-7-9-21)19-18-12(3)13(17)10-11(2)16/h10H,2,4-9H2,1,3H3,(H,20,22)/b13-10+,18-12+,19-14-. The van der Waals surface area contributed by atoms with E-state index in [2.05, 4.69) is 22.2 Å². The van der Waals surface area contributed by atoms with Gasteiger partial charge < -0.3 is 0 Å². The number of carbonyl (C=O) groups is 1. The Morgan fingerprint density at radius 2 is 1.91 bits per heavy atom. The second-order valence-corrected chi connectivity index (χ2v) is 5.91. The third kappa shape index (κ3) is 6.73. The van der Waals surface area contributed by atoms with E-state index in [-0.39, 0.29) is 5.91 Å². The number of carbonyl (C=O) groups excluding carboxylic acids is 1. The van der Waals surface area contributed by atoms with Gasteiger partial charge in [-0.3, -0.25) is 10.2 Å². The van der Waals surface area contributed by atoms with Gasteiger partial charge in [-0.1, -0.05) is 43.1 Å². The van der Waals surface area contributed by atoms with E-state index in [1.165, 1.54) is 12.5 Å². The van der Waals surface area contributed by atoms with Crippen molar-refractivity contribution in [1.29, 1.82) is 0 Å². The van der Waals surface area contributed by atoms with Gasteiger partial charge in [-0.05, 0) is 32.3 Å². The number of hydrogen-bond acceptors (Lipinski definition) is 4. The summed E-state index contributed by atoms with van der Waals surface area (Å²) >= 11 is 11.6. The summed E-state index contributed by atoms with van der Waals surface area (Å²) in [5, 5.41) is 10.6. The molecule has 0 bridgehead atoms. The third-order valence-corrected chi connectivity index (χ3v) is 3.65. The van der Waals surface area contributed by atoms with E-state index in [0.29, 0.717) is 27.9 Å². The van der Waals surface area contributed by atoms with Crippen LogP contribution in [0.5, 0.6) is 0 Å². The highest BCUT2D eigenvalue weighted by molar-refractivity contribution is 6.44. The zero-order valence-corrected chi connectivity index (χ0v) is 14.5. The van der Waals surface area contributed by atoms with E-state index >= 15 is 0 Å². The molecule has 22 heavy (non-hydrogen) atoms. The molecule has 5 nitrogen and oxygen atoms in total. The lowest BCUT2D eigenvalue weighted by Crippen LogP contribution is -2.47. The molecular formula is C15H22Cl2N4O. The van der Waals surface area contributed by atoms with E-state index < -0.39 is 0 Å². The Morgan fingerprint density at radius 1 is 1.27 bits per heavy atom. The quantitative estimate of drug-likeness (QED) is 0.454. The van der Waals surface area contributed by atoms with Gasteiger partial charge in [0.05, 0.1) is 10.7 Å². The fourth-order valence-electron chi connectivity index (χ4n) is 1.92. The Balaban J connectivity index is 2.72. The molecule has 0 atom stereocenters. The van der Waals surface area contributed by atoms with Gasteiger partial charge in [0.2, 0.25) is 0 Å². The molecule has 1 aliphatic heterocycles. The zero-order chi connectivity index (χ0) is 16.5. The zero-order valence-electron chi connectivity index (χ0n) is 13.0. The van der Waals surface area contributed by atoms with Gasteiger partial charge in [0.25, 0.3) is 5.91 Å². The van der Waals surface area contributed by atoms with E-state index in [9.17, 15) is 4.79 Å². The summed E-state index contributed by atoms with van der Waals surface area (Å²) < 4.78 is 0. The topological polar surface area (TPSA) is 57.1 Å². The number of hydrazine groups is 1. The van der Waals surface area contributed by atoms with Gasteiger partial charge in [-0.2, -0.15) is 5.10 Å². The molecule has 1 aliphatic rings. The maximum absolute atomic E-state index is 12.2. The first kappa shape index (κ1) is 18.9. The summed E-state index contributed by atoms with van der Waals surface area (Å²) in [4.78, 5) is 12.2. The van der Waals surface area contributed by atoms with Crippen molar-refractivity contribution in [3.05, 3.63) is 22.7 Å². The first-order chi connectivity index (χ1) is 10.4. The summed E-state index contributed by atoms with van der Waals surface area (Å²) in [5.41, 5.74) is 3.70. The molecule has 0 saturated carbocycles. The minimum Gasteiger partial charge on any atom is -0.284 e. The number of nitrogens with zero attached hydrogens (tertiary/aromatic N) is 3. The molecule has 1 fully saturated rings. The molecule has 7 heteroatoms. The average molecular weight is 345 g/mol. The maximum Gasteiger partial charge on any atom is 0.281 e. The number of halogens is 2. The van der Waals surface area contributed by atoms with Gasteiger partial charge in [-0.25, -0.2) is 5.01 Å². The van der Waals surface area contributed by atoms with Crippen molar-refractivity contribution in [2.24, 2.45) is 10.2 Å². The molecule has 1 amide bonds. The third-order valence-electron chi connectivity index (χ3n) is 3.16. The molecule has 122 valence electrons. The molecule has 1 N–H and O–H groups in total. The maximum atomic E-state index is 12.2. The van der Waals surface area contributed by atoms with Crippen molar-refractivity contribution in [2.75, 3.05) is 13.1 Å². The average Bonchev–Trinajstić information content (AvgIpc) is 2.47. The van der Waals surface area contributed by atoms with Crippen molar-refractivity contribution in [3.63, 3.8) is 0 Å². The number of piperidine rings is 1. The van der Waals surface area contributed by atoms with Crippen LogP contribution in [0.15, 0.2) is 32.9 Å². The number of amides is 1. The van der Waals surface area contributed by atoms with E-state index in [4.69, 9.17) is 23.2 Å². The molecule has 0 aliphatic carbocycles. The van der Waals surface area contributed by atoms with Crippen molar-refractivity contribution in [2.45, 2.75) is 39.5 Å². The Hall–Kier alpha value is -1.17. The minimum absolute atomic E-state index is 0.220. The highest BCUT2D eigenvalue weighted by Crippen LogP contribution is 2.11. The SMILES string of the molecule is C=C(Cl)\C=C(Cl)/C(C)=N/N=C(/CC)C(=O)NN1CCCCC1.